The zero-order chi connectivity index (χ0) is 10.1. The van der Waals surface area contributed by atoms with Crippen molar-refractivity contribution in [3.63, 3.8) is 0 Å². The van der Waals surface area contributed by atoms with Gasteiger partial charge in [0.05, 0.1) is 9.52 Å². The second-order valence-corrected chi connectivity index (χ2v) is 6.81. The topological polar surface area (TPSA) is 18.5 Å². The standard InChI is InChI=1S/C10H21BrO2Si/c11-5-1-2-6-13-9-14-10-4-3-7-12-8-10/h10H,1-9,14H2. The van der Waals surface area contributed by atoms with Crippen LogP contribution in [0.3, 0.4) is 0 Å². The first-order valence-corrected chi connectivity index (χ1v) is 8.58. The van der Waals surface area contributed by atoms with Gasteiger partial charge in [-0.3, -0.25) is 0 Å². The summed E-state index contributed by atoms with van der Waals surface area (Å²) >= 11 is 3.42. The predicted octanol–water partition coefficient (Wildman–Crippen LogP) is 1.90. The van der Waals surface area contributed by atoms with Gasteiger partial charge in [0.25, 0.3) is 0 Å². The van der Waals surface area contributed by atoms with E-state index in [1.807, 2.05) is 0 Å². The van der Waals surface area contributed by atoms with Gasteiger partial charge in [-0.2, -0.15) is 0 Å². The van der Waals surface area contributed by atoms with E-state index in [1.165, 1.54) is 25.7 Å². The third kappa shape index (κ3) is 6.17. The van der Waals surface area contributed by atoms with Crippen LogP contribution in [0.15, 0.2) is 0 Å². The van der Waals surface area contributed by atoms with Crippen LogP contribution >= 0.6 is 15.9 Å². The molecule has 2 nitrogen and oxygen atoms in total. The van der Waals surface area contributed by atoms with Gasteiger partial charge < -0.3 is 9.47 Å². The van der Waals surface area contributed by atoms with Crippen molar-refractivity contribution in [2.24, 2.45) is 0 Å². The maximum atomic E-state index is 5.62. The molecule has 1 heterocycles. The van der Waals surface area contributed by atoms with Gasteiger partial charge >= 0.3 is 0 Å². The maximum absolute atomic E-state index is 5.62. The van der Waals surface area contributed by atoms with Gasteiger partial charge in [0.2, 0.25) is 0 Å². The van der Waals surface area contributed by atoms with Crippen LogP contribution in [0.1, 0.15) is 25.7 Å². The maximum Gasteiger partial charge on any atom is 0.0572 e. The second kappa shape index (κ2) is 8.89. The molecular weight excluding hydrogens is 260 g/mol. The van der Waals surface area contributed by atoms with Crippen LogP contribution in [-0.4, -0.2) is 40.9 Å². The molecule has 4 heteroatoms. The smallest absolute Gasteiger partial charge is 0.0572 e. The number of halogens is 1. The van der Waals surface area contributed by atoms with Crippen molar-refractivity contribution in [2.75, 3.05) is 31.4 Å². The molecule has 1 fully saturated rings. The Morgan fingerprint density at radius 3 is 3.07 bits per heavy atom. The molecule has 1 aliphatic heterocycles. The van der Waals surface area contributed by atoms with Gasteiger partial charge in [-0.05, 0) is 31.2 Å². The SMILES string of the molecule is BrCCCCOC[SiH2]C1CCCOC1. The summed E-state index contributed by atoms with van der Waals surface area (Å²) in [4.78, 5) is 0. The molecule has 84 valence electrons. The Balaban J connectivity index is 1.82. The van der Waals surface area contributed by atoms with E-state index >= 15 is 0 Å². The third-order valence-corrected chi connectivity index (χ3v) is 5.14. The zero-order valence-corrected chi connectivity index (χ0v) is 11.8. The van der Waals surface area contributed by atoms with Gasteiger partial charge in [0.15, 0.2) is 0 Å². The summed E-state index contributed by atoms with van der Waals surface area (Å²) in [5, 5.41) is 1.10. The van der Waals surface area contributed by atoms with Gasteiger partial charge in [-0.1, -0.05) is 15.9 Å². The highest BCUT2D eigenvalue weighted by atomic mass is 79.9. The molecule has 0 spiro atoms. The molecule has 0 bridgehead atoms. The van der Waals surface area contributed by atoms with Crippen molar-refractivity contribution in [3.8, 4) is 0 Å². The average molecular weight is 281 g/mol. The molecule has 1 aliphatic rings. The predicted molar refractivity (Wildman–Crippen MR) is 66.2 cm³/mol. The number of ether oxygens (including phenoxy) is 2. The van der Waals surface area contributed by atoms with Crippen molar-refractivity contribution < 1.29 is 9.47 Å². The summed E-state index contributed by atoms with van der Waals surface area (Å²) in [6.07, 6.45) is 6.13. The van der Waals surface area contributed by atoms with E-state index in [4.69, 9.17) is 9.47 Å². The van der Waals surface area contributed by atoms with Crippen molar-refractivity contribution in [1.82, 2.24) is 0 Å². The van der Waals surface area contributed by atoms with Crippen molar-refractivity contribution in [1.29, 1.82) is 0 Å². The average Bonchev–Trinajstić information content (AvgIpc) is 2.25. The molecule has 1 rings (SSSR count). The van der Waals surface area contributed by atoms with Crippen LogP contribution < -0.4 is 0 Å². The summed E-state index contributed by atoms with van der Waals surface area (Å²) in [7, 11) is -0.0277. The molecule has 0 aromatic heterocycles. The van der Waals surface area contributed by atoms with Gasteiger partial charge in [-0.25, -0.2) is 0 Å². The Bertz CT molecular complexity index is 129. The van der Waals surface area contributed by atoms with Crippen LogP contribution in [0.4, 0.5) is 0 Å². The molecule has 14 heavy (non-hydrogen) atoms. The molecule has 0 N–H and O–H groups in total. The van der Waals surface area contributed by atoms with E-state index in [2.05, 4.69) is 15.9 Å². The zero-order valence-electron chi connectivity index (χ0n) is 8.84. The molecule has 0 aliphatic carbocycles. The number of unbranched alkanes of at least 4 members (excludes halogenated alkanes) is 1. The highest BCUT2D eigenvalue weighted by molar-refractivity contribution is 9.09. The first-order valence-electron chi connectivity index (χ1n) is 5.65. The van der Waals surface area contributed by atoms with E-state index in [1.54, 1.807) is 0 Å². The summed E-state index contributed by atoms with van der Waals surface area (Å²) in [5.41, 5.74) is 0.889. The first-order chi connectivity index (χ1) is 6.93. The minimum atomic E-state index is -0.0277. The first kappa shape index (κ1) is 12.7. The number of rotatable bonds is 7. The Kier molecular flexibility index (Phi) is 8.05. The fourth-order valence-electron chi connectivity index (χ4n) is 1.69. The summed E-state index contributed by atoms with van der Waals surface area (Å²) in [5.74, 6) is 0. The van der Waals surface area contributed by atoms with Gasteiger partial charge in [0.1, 0.15) is 0 Å². The Morgan fingerprint density at radius 1 is 1.43 bits per heavy atom. The molecular formula is C10H21BrO2Si. The number of hydrogen-bond acceptors (Lipinski definition) is 2. The molecule has 1 saturated heterocycles. The lowest BCUT2D eigenvalue weighted by atomic mass is 10.2. The highest BCUT2D eigenvalue weighted by Gasteiger charge is 2.13. The molecule has 0 radical (unpaired) electrons. The molecule has 0 amide bonds. The summed E-state index contributed by atoms with van der Waals surface area (Å²) in [6.45, 7) is 2.94. The third-order valence-electron chi connectivity index (χ3n) is 2.60. The second-order valence-electron chi connectivity index (χ2n) is 3.88. The Labute approximate surface area is 97.7 Å². The van der Waals surface area contributed by atoms with Crippen LogP contribution in [0, 0.1) is 0 Å². The lowest BCUT2D eigenvalue weighted by Gasteiger charge is -2.21. The van der Waals surface area contributed by atoms with E-state index < -0.39 is 0 Å². The molecule has 0 aromatic carbocycles. The summed E-state index contributed by atoms with van der Waals surface area (Å²) < 4.78 is 11.1. The minimum absolute atomic E-state index is 0.0277. The van der Waals surface area contributed by atoms with Crippen molar-refractivity contribution in [2.45, 2.75) is 31.2 Å². The quantitative estimate of drug-likeness (QED) is 0.403. The number of alkyl halides is 1. The Morgan fingerprint density at radius 2 is 2.36 bits per heavy atom. The largest absolute Gasteiger partial charge is 0.385 e. The highest BCUT2D eigenvalue weighted by Crippen LogP contribution is 2.17. The van der Waals surface area contributed by atoms with Gasteiger partial charge in [-0.15, -0.1) is 0 Å². The van der Waals surface area contributed by atoms with Crippen LogP contribution in [0.5, 0.6) is 0 Å². The lowest BCUT2D eigenvalue weighted by molar-refractivity contribution is 0.0944. The monoisotopic (exact) mass is 280 g/mol. The van der Waals surface area contributed by atoms with Crippen LogP contribution in [0.25, 0.3) is 0 Å². The van der Waals surface area contributed by atoms with Crippen LogP contribution in [-0.2, 0) is 9.47 Å². The van der Waals surface area contributed by atoms with E-state index in [0.29, 0.717) is 0 Å². The number of hydrogen-bond donors (Lipinski definition) is 0. The van der Waals surface area contributed by atoms with Crippen molar-refractivity contribution in [3.05, 3.63) is 0 Å². The fourth-order valence-corrected chi connectivity index (χ4v) is 3.70. The molecule has 0 saturated carbocycles. The van der Waals surface area contributed by atoms with Crippen molar-refractivity contribution >= 4 is 25.4 Å². The fraction of sp³-hybridized carbons (Fsp3) is 1.00. The minimum Gasteiger partial charge on any atom is -0.385 e. The molecule has 1 atom stereocenters. The molecule has 0 aromatic rings. The molecule has 1 unspecified atom stereocenters. The normalized spacial score (nSPS) is 23.4. The summed E-state index contributed by atoms with van der Waals surface area (Å²) in [6, 6.07) is 0. The van der Waals surface area contributed by atoms with Crippen LogP contribution in [0.2, 0.25) is 5.54 Å². The lowest BCUT2D eigenvalue weighted by Crippen LogP contribution is -2.21. The van der Waals surface area contributed by atoms with E-state index in [9.17, 15) is 0 Å². The Hall–Kier alpha value is 0.617. The van der Waals surface area contributed by atoms with E-state index in [0.717, 1.165) is 36.9 Å². The van der Waals surface area contributed by atoms with E-state index in [-0.39, 0.29) is 9.52 Å². The van der Waals surface area contributed by atoms with Gasteiger partial charge in [0, 0.05) is 31.4 Å².